The molecular weight excluding hydrogens is 330 g/mol. The molecule has 2 aromatic heterocycles. The SMILES string of the molecule is COCCn1c(C)cc(-c2csc(C(C#N)=C3CCCCC3)n2)c1C. The average molecular weight is 356 g/mol. The molecule has 1 fully saturated rings. The first-order valence-electron chi connectivity index (χ1n) is 8.89. The normalized spacial score (nSPS) is 14.6. The molecule has 25 heavy (non-hydrogen) atoms. The van der Waals surface area contributed by atoms with Gasteiger partial charge < -0.3 is 9.30 Å². The van der Waals surface area contributed by atoms with Gasteiger partial charge in [0.15, 0.2) is 0 Å². The summed E-state index contributed by atoms with van der Waals surface area (Å²) in [5.74, 6) is 0. The molecule has 0 radical (unpaired) electrons. The second-order valence-corrected chi connectivity index (χ2v) is 7.48. The molecule has 0 unspecified atom stereocenters. The van der Waals surface area contributed by atoms with Crippen LogP contribution in [0.2, 0.25) is 0 Å². The fraction of sp³-hybridized carbons (Fsp3) is 0.500. The van der Waals surface area contributed by atoms with E-state index in [4.69, 9.17) is 9.72 Å². The fourth-order valence-corrected chi connectivity index (χ4v) is 4.47. The van der Waals surface area contributed by atoms with Gasteiger partial charge in [0.25, 0.3) is 0 Å². The van der Waals surface area contributed by atoms with Gasteiger partial charge in [-0.3, -0.25) is 0 Å². The number of hydrogen-bond acceptors (Lipinski definition) is 4. The minimum absolute atomic E-state index is 0.697. The lowest BCUT2D eigenvalue weighted by Gasteiger charge is -2.14. The standard InChI is InChI=1S/C20H25N3OS/c1-14-11-17(15(2)23(14)9-10-24-3)19-13-25-20(22-19)18(12-21)16-7-5-4-6-8-16/h11,13H,4-10H2,1-3H3. The highest BCUT2D eigenvalue weighted by atomic mass is 32.1. The second-order valence-electron chi connectivity index (χ2n) is 6.62. The Bertz CT molecular complexity index is 815. The zero-order chi connectivity index (χ0) is 17.8. The van der Waals surface area contributed by atoms with Crippen LogP contribution in [0.25, 0.3) is 16.8 Å². The Morgan fingerprint density at radius 1 is 1.32 bits per heavy atom. The number of thiazole rings is 1. The van der Waals surface area contributed by atoms with Gasteiger partial charge in [0.2, 0.25) is 0 Å². The third-order valence-electron chi connectivity index (χ3n) is 5.01. The zero-order valence-corrected chi connectivity index (χ0v) is 16.1. The van der Waals surface area contributed by atoms with Crippen molar-refractivity contribution in [2.75, 3.05) is 13.7 Å². The molecule has 0 aliphatic heterocycles. The number of ether oxygens (including phenoxy) is 1. The molecule has 2 aromatic rings. The van der Waals surface area contributed by atoms with E-state index in [0.717, 1.165) is 41.2 Å². The molecule has 132 valence electrons. The largest absolute Gasteiger partial charge is 0.383 e. The number of nitriles is 1. The van der Waals surface area contributed by atoms with Crippen molar-refractivity contribution in [2.45, 2.75) is 52.5 Å². The maximum atomic E-state index is 9.65. The Morgan fingerprint density at radius 3 is 2.76 bits per heavy atom. The lowest BCUT2D eigenvalue weighted by atomic mass is 9.91. The summed E-state index contributed by atoms with van der Waals surface area (Å²) in [5.41, 5.74) is 6.65. The smallest absolute Gasteiger partial charge is 0.134 e. The first-order valence-corrected chi connectivity index (χ1v) is 9.77. The number of rotatable bonds is 5. The van der Waals surface area contributed by atoms with Crippen LogP contribution in [0.15, 0.2) is 17.0 Å². The minimum atomic E-state index is 0.697. The van der Waals surface area contributed by atoms with Gasteiger partial charge in [-0.25, -0.2) is 4.98 Å². The number of hydrogen-bond donors (Lipinski definition) is 0. The fourth-order valence-electron chi connectivity index (χ4n) is 3.61. The molecule has 3 rings (SSSR count). The molecule has 1 aliphatic carbocycles. The summed E-state index contributed by atoms with van der Waals surface area (Å²) in [6.45, 7) is 5.79. The Kier molecular flexibility index (Phi) is 5.72. The Labute approximate surface area is 153 Å². The van der Waals surface area contributed by atoms with E-state index in [-0.39, 0.29) is 0 Å². The predicted octanol–water partition coefficient (Wildman–Crippen LogP) is 5.12. The summed E-state index contributed by atoms with van der Waals surface area (Å²) in [6.07, 6.45) is 5.75. The van der Waals surface area contributed by atoms with E-state index >= 15 is 0 Å². The summed E-state index contributed by atoms with van der Waals surface area (Å²) in [7, 11) is 1.73. The van der Waals surface area contributed by atoms with E-state index in [9.17, 15) is 5.26 Å². The third-order valence-corrected chi connectivity index (χ3v) is 5.87. The molecule has 1 saturated carbocycles. The summed E-state index contributed by atoms with van der Waals surface area (Å²) in [6, 6.07) is 4.60. The molecule has 0 N–H and O–H groups in total. The predicted molar refractivity (Wildman–Crippen MR) is 103 cm³/mol. The van der Waals surface area contributed by atoms with Crippen LogP contribution in [0.5, 0.6) is 0 Å². The number of methoxy groups -OCH3 is 1. The Balaban J connectivity index is 1.93. The third kappa shape index (κ3) is 3.70. The quantitative estimate of drug-likeness (QED) is 0.700. The van der Waals surface area contributed by atoms with Crippen LogP contribution in [-0.4, -0.2) is 23.3 Å². The van der Waals surface area contributed by atoms with Gasteiger partial charge in [-0.2, -0.15) is 5.26 Å². The topological polar surface area (TPSA) is 50.8 Å². The molecular formula is C20H25N3OS. The van der Waals surface area contributed by atoms with Crippen molar-refractivity contribution >= 4 is 16.9 Å². The first kappa shape index (κ1) is 17.9. The van der Waals surface area contributed by atoms with Gasteiger partial charge in [0.05, 0.1) is 17.9 Å². The molecule has 0 saturated heterocycles. The van der Waals surface area contributed by atoms with Crippen LogP contribution in [0.3, 0.4) is 0 Å². The molecule has 0 aromatic carbocycles. The molecule has 0 atom stereocenters. The van der Waals surface area contributed by atoms with E-state index in [1.165, 1.54) is 36.2 Å². The molecule has 2 heterocycles. The van der Waals surface area contributed by atoms with E-state index in [1.54, 1.807) is 18.4 Å². The van der Waals surface area contributed by atoms with Gasteiger partial charge in [0, 0.05) is 36.0 Å². The molecule has 0 spiro atoms. The lowest BCUT2D eigenvalue weighted by Crippen LogP contribution is -2.07. The van der Waals surface area contributed by atoms with Gasteiger partial charge in [0.1, 0.15) is 11.1 Å². The molecule has 4 nitrogen and oxygen atoms in total. The molecule has 1 aliphatic rings. The second kappa shape index (κ2) is 7.99. The molecule has 0 amide bonds. The first-order chi connectivity index (χ1) is 12.2. The summed E-state index contributed by atoms with van der Waals surface area (Å²) >= 11 is 1.59. The van der Waals surface area contributed by atoms with Crippen LogP contribution in [0.4, 0.5) is 0 Å². The lowest BCUT2D eigenvalue weighted by molar-refractivity contribution is 0.186. The van der Waals surface area contributed by atoms with Crippen molar-refractivity contribution in [3.05, 3.63) is 33.4 Å². The van der Waals surface area contributed by atoms with Crippen LogP contribution < -0.4 is 0 Å². The number of aromatic nitrogens is 2. The zero-order valence-electron chi connectivity index (χ0n) is 15.3. The average Bonchev–Trinajstić information content (AvgIpc) is 3.20. The van der Waals surface area contributed by atoms with Crippen molar-refractivity contribution in [2.24, 2.45) is 0 Å². The van der Waals surface area contributed by atoms with Gasteiger partial charge in [-0.15, -0.1) is 11.3 Å². The highest BCUT2D eigenvalue weighted by molar-refractivity contribution is 7.11. The molecule has 0 bridgehead atoms. The van der Waals surface area contributed by atoms with E-state index in [0.29, 0.717) is 6.61 Å². The number of nitrogens with zero attached hydrogens (tertiary/aromatic N) is 3. The van der Waals surface area contributed by atoms with Gasteiger partial charge in [-0.05, 0) is 51.2 Å². The van der Waals surface area contributed by atoms with E-state index in [1.807, 2.05) is 0 Å². The minimum Gasteiger partial charge on any atom is -0.383 e. The van der Waals surface area contributed by atoms with E-state index in [2.05, 4.69) is 35.9 Å². The summed E-state index contributed by atoms with van der Waals surface area (Å²) in [4.78, 5) is 4.82. The maximum absolute atomic E-state index is 9.65. The van der Waals surface area contributed by atoms with Crippen molar-refractivity contribution in [1.29, 1.82) is 5.26 Å². The van der Waals surface area contributed by atoms with Crippen molar-refractivity contribution in [3.63, 3.8) is 0 Å². The van der Waals surface area contributed by atoms with E-state index < -0.39 is 0 Å². The monoisotopic (exact) mass is 355 g/mol. The highest BCUT2D eigenvalue weighted by Gasteiger charge is 2.18. The number of aryl methyl sites for hydroxylation is 1. The van der Waals surface area contributed by atoms with Crippen LogP contribution in [0, 0.1) is 25.2 Å². The van der Waals surface area contributed by atoms with Gasteiger partial charge in [-0.1, -0.05) is 6.42 Å². The van der Waals surface area contributed by atoms with Crippen LogP contribution in [-0.2, 0) is 11.3 Å². The van der Waals surface area contributed by atoms with Crippen LogP contribution in [0.1, 0.15) is 48.5 Å². The highest BCUT2D eigenvalue weighted by Crippen LogP contribution is 2.34. The van der Waals surface area contributed by atoms with Crippen LogP contribution >= 0.6 is 11.3 Å². The maximum Gasteiger partial charge on any atom is 0.134 e. The van der Waals surface area contributed by atoms with Gasteiger partial charge >= 0.3 is 0 Å². The van der Waals surface area contributed by atoms with Crippen molar-refractivity contribution in [3.8, 4) is 17.3 Å². The number of allylic oxidation sites excluding steroid dienone is 2. The van der Waals surface area contributed by atoms with Crippen molar-refractivity contribution < 1.29 is 4.74 Å². The summed E-state index contributed by atoms with van der Waals surface area (Å²) < 4.78 is 7.48. The Hall–Kier alpha value is -1.90. The summed E-state index contributed by atoms with van der Waals surface area (Å²) in [5, 5.41) is 12.6. The molecule has 5 heteroatoms. The Morgan fingerprint density at radius 2 is 2.08 bits per heavy atom. The van der Waals surface area contributed by atoms with Crippen molar-refractivity contribution in [1.82, 2.24) is 9.55 Å².